The number of hydrogen-bond donors (Lipinski definition) is 2. The predicted octanol–water partition coefficient (Wildman–Crippen LogP) is 2.28. The van der Waals surface area contributed by atoms with Crippen molar-refractivity contribution in [2.45, 2.75) is 6.92 Å². The van der Waals surface area contributed by atoms with Gasteiger partial charge in [-0.1, -0.05) is 0 Å². The van der Waals surface area contributed by atoms with Crippen LogP contribution in [0.4, 0.5) is 21.6 Å². The minimum absolute atomic E-state index is 0.171. The molecule has 0 radical (unpaired) electrons. The maximum atomic E-state index is 13.5. The molecule has 2 rings (SSSR count). The molecule has 5 nitrogen and oxygen atoms in total. The van der Waals surface area contributed by atoms with E-state index in [1.54, 1.807) is 23.9 Å². The molecule has 1 heterocycles. The fraction of sp³-hybridized carbons (Fsp3) is 0.250. The Kier molecular flexibility index (Phi) is 3.36. The van der Waals surface area contributed by atoms with E-state index in [4.69, 9.17) is 10.5 Å². The molecule has 1 aromatic heterocycles. The summed E-state index contributed by atoms with van der Waals surface area (Å²) in [6, 6.07) is 4.56. The number of ether oxygens (including phenoxy) is 1. The van der Waals surface area contributed by atoms with E-state index in [9.17, 15) is 4.39 Å². The summed E-state index contributed by atoms with van der Waals surface area (Å²) in [7, 11) is 1.81. The first-order valence-corrected chi connectivity index (χ1v) is 5.58. The maximum Gasteiger partial charge on any atom is 0.167 e. The third kappa shape index (κ3) is 2.53. The zero-order valence-corrected chi connectivity index (χ0v) is 10.3. The van der Waals surface area contributed by atoms with Gasteiger partial charge in [0.05, 0.1) is 18.0 Å². The Morgan fingerprint density at radius 3 is 2.89 bits per heavy atom. The Bertz CT molecular complexity index is 553. The Morgan fingerprint density at radius 1 is 1.50 bits per heavy atom. The zero-order valence-electron chi connectivity index (χ0n) is 10.3. The molecular weight excluding hydrogens is 235 g/mol. The normalized spacial score (nSPS) is 10.4. The lowest BCUT2D eigenvalue weighted by Crippen LogP contribution is -2.01. The van der Waals surface area contributed by atoms with Crippen LogP contribution in [0, 0.1) is 5.82 Å². The number of halogens is 1. The summed E-state index contributed by atoms with van der Waals surface area (Å²) in [5.74, 6) is 0.337. The Balaban J connectivity index is 2.29. The third-order valence-corrected chi connectivity index (χ3v) is 2.38. The van der Waals surface area contributed by atoms with Crippen molar-refractivity contribution in [3.63, 3.8) is 0 Å². The summed E-state index contributed by atoms with van der Waals surface area (Å²) in [6.45, 7) is 2.19. The summed E-state index contributed by atoms with van der Waals surface area (Å²) in [5.41, 5.74) is 6.62. The van der Waals surface area contributed by atoms with E-state index in [1.165, 1.54) is 12.1 Å². The molecule has 0 saturated heterocycles. The van der Waals surface area contributed by atoms with Crippen LogP contribution in [0.25, 0.3) is 0 Å². The van der Waals surface area contributed by atoms with Crippen molar-refractivity contribution in [3.8, 4) is 5.75 Å². The van der Waals surface area contributed by atoms with Crippen molar-refractivity contribution in [3.05, 3.63) is 30.2 Å². The van der Waals surface area contributed by atoms with Gasteiger partial charge in [0, 0.05) is 31.4 Å². The number of nitrogens with two attached hydrogens (primary N) is 1. The minimum atomic E-state index is -0.471. The van der Waals surface area contributed by atoms with Gasteiger partial charge in [0.1, 0.15) is 0 Å². The number of aromatic nitrogens is 2. The van der Waals surface area contributed by atoms with Crippen LogP contribution in [0.2, 0.25) is 0 Å². The molecule has 96 valence electrons. The molecule has 0 fully saturated rings. The first-order valence-electron chi connectivity index (χ1n) is 5.58. The van der Waals surface area contributed by atoms with E-state index in [1.807, 2.05) is 7.05 Å². The number of nitrogen functional groups attached to an aromatic ring is 1. The van der Waals surface area contributed by atoms with Crippen molar-refractivity contribution in [2.75, 3.05) is 17.7 Å². The Hall–Kier alpha value is -2.24. The van der Waals surface area contributed by atoms with E-state index >= 15 is 0 Å². The van der Waals surface area contributed by atoms with Gasteiger partial charge in [0.15, 0.2) is 17.4 Å². The molecule has 0 spiro atoms. The number of rotatable bonds is 4. The minimum Gasteiger partial charge on any atom is -0.491 e. The third-order valence-electron chi connectivity index (χ3n) is 2.38. The number of aryl methyl sites for hydroxylation is 1. The highest BCUT2D eigenvalue weighted by atomic mass is 19.1. The Labute approximate surface area is 104 Å². The molecule has 0 unspecified atom stereocenters. The second-order valence-electron chi connectivity index (χ2n) is 3.80. The topological polar surface area (TPSA) is 65.1 Å². The van der Waals surface area contributed by atoms with Crippen LogP contribution in [-0.2, 0) is 7.05 Å². The van der Waals surface area contributed by atoms with Gasteiger partial charge in [0.2, 0.25) is 0 Å². The van der Waals surface area contributed by atoms with Crippen LogP contribution in [0.3, 0.4) is 0 Å². The van der Waals surface area contributed by atoms with E-state index in [2.05, 4.69) is 10.4 Å². The summed E-state index contributed by atoms with van der Waals surface area (Å²) in [5, 5.41) is 7.18. The molecule has 0 saturated carbocycles. The second-order valence-corrected chi connectivity index (χ2v) is 3.80. The van der Waals surface area contributed by atoms with Crippen LogP contribution in [-0.4, -0.2) is 16.4 Å². The van der Waals surface area contributed by atoms with Crippen LogP contribution in [0.15, 0.2) is 24.4 Å². The highest BCUT2D eigenvalue weighted by molar-refractivity contribution is 5.73. The summed E-state index contributed by atoms with van der Waals surface area (Å²) < 4.78 is 20.3. The largest absolute Gasteiger partial charge is 0.491 e. The molecule has 0 aliphatic rings. The lowest BCUT2D eigenvalue weighted by atomic mass is 10.2. The van der Waals surface area contributed by atoms with Crippen molar-refractivity contribution >= 4 is 17.2 Å². The molecule has 3 N–H and O–H groups in total. The molecule has 0 aliphatic heterocycles. The van der Waals surface area contributed by atoms with Gasteiger partial charge in [-0.05, 0) is 6.92 Å². The first-order chi connectivity index (χ1) is 8.60. The van der Waals surface area contributed by atoms with E-state index < -0.39 is 5.82 Å². The van der Waals surface area contributed by atoms with Gasteiger partial charge < -0.3 is 15.8 Å². The van der Waals surface area contributed by atoms with Crippen molar-refractivity contribution in [2.24, 2.45) is 7.05 Å². The molecule has 6 heteroatoms. The summed E-state index contributed by atoms with van der Waals surface area (Å²) in [6.07, 6.45) is 1.80. The number of nitrogens with zero attached hydrogens (tertiary/aromatic N) is 2. The fourth-order valence-electron chi connectivity index (χ4n) is 1.56. The summed E-state index contributed by atoms with van der Waals surface area (Å²) >= 11 is 0. The molecule has 1 aromatic carbocycles. The number of benzene rings is 1. The fourth-order valence-corrected chi connectivity index (χ4v) is 1.56. The molecule has 0 atom stereocenters. The maximum absolute atomic E-state index is 13.5. The van der Waals surface area contributed by atoms with Gasteiger partial charge in [-0.25, -0.2) is 4.39 Å². The van der Waals surface area contributed by atoms with Crippen LogP contribution >= 0.6 is 0 Å². The Morgan fingerprint density at radius 2 is 2.28 bits per heavy atom. The van der Waals surface area contributed by atoms with Gasteiger partial charge in [-0.2, -0.15) is 5.10 Å². The molecule has 0 bridgehead atoms. The smallest absolute Gasteiger partial charge is 0.167 e. The highest BCUT2D eigenvalue weighted by Gasteiger charge is 2.09. The van der Waals surface area contributed by atoms with Gasteiger partial charge >= 0.3 is 0 Å². The zero-order chi connectivity index (χ0) is 13.1. The molecular formula is C12H15FN4O. The van der Waals surface area contributed by atoms with E-state index in [-0.39, 0.29) is 5.75 Å². The average Bonchev–Trinajstić information content (AvgIpc) is 2.71. The quantitative estimate of drug-likeness (QED) is 0.817. The lowest BCUT2D eigenvalue weighted by Gasteiger charge is -2.11. The SMILES string of the molecule is CCOc1cc(Nc2ccn(C)n2)c(N)cc1F. The average molecular weight is 250 g/mol. The highest BCUT2D eigenvalue weighted by Crippen LogP contribution is 2.30. The van der Waals surface area contributed by atoms with Crippen LogP contribution < -0.4 is 15.8 Å². The first kappa shape index (κ1) is 12.2. The van der Waals surface area contributed by atoms with Gasteiger partial charge in [-0.3, -0.25) is 4.68 Å². The molecule has 2 aromatic rings. The van der Waals surface area contributed by atoms with Gasteiger partial charge in [0.25, 0.3) is 0 Å². The van der Waals surface area contributed by atoms with Crippen molar-refractivity contribution < 1.29 is 9.13 Å². The number of anilines is 3. The number of hydrogen-bond acceptors (Lipinski definition) is 4. The van der Waals surface area contributed by atoms with E-state index in [0.717, 1.165) is 0 Å². The standard InChI is InChI=1S/C12H15FN4O/c1-3-18-11-7-10(9(14)6-8(11)13)15-12-4-5-17(2)16-12/h4-7H,3,14H2,1-2H3,(H,15,16). The van der Waals surface area contributed by atoms with Crippen molar-refractivity contribution in [1.82, 2.24) is 9.78 Å². The second kappa shape index (κ2) is 4.95. The number of nitrogens with one attached hydrogen (secondary N) is 1. The van der Waals surface area contributed by atoms with Crippen LogP contribution in [0.1, 0.15) is 6.92 Å². The molecule has 0 amide bonds. The molecule has 0 aliphatic carbocycles. The van der Waals surface area contributed by atoms with Gasteiger partial charge in [-0.15, -0.1) is 0 Å². The van der Waals surface area contributed by atoms with Crippen molar-refractivity contribution in [1.29, 1.82) is 0 Å². The monoisotopic (exact) mass is 250 g/mol. The van der Waals surface area contributed by atoms with E-state index in [0.29, 0.717) is 23.8 Å². The predicted molar refractivity (Wildman–Crippen MR) is 68.5 cm³/mol. The van der Waals surface area contributed by atoms with Crippen LogP contribution in [0.5, 0.6) is 5.75 Å². The summed E-state index contributed by atoms with van der Waals surface area (Å²) in [4.78, 5) is 0. The molecule has 18 heavy (non-hydrogen) atoms. The lowest BCUT2D eigenvalue weighted by molar-refractivity contribution is 0.322.